The number of alkyl halides is 3. The van der Waals surface area contributed by atoms with Crippen molar-refractivity contribution in [2.75, 3.05) is 11.4 Å². The smallest absolute Gasteiger partial charge is 0.347 e. The Balaban J connectivity index is 1.54. The predicted molar refractivity (Wildman–Crippen MR) is 170 cm³/mol. The quantitative estimate of drug-likeness (QED) is 0.166. The Kier molecular flexibility index (Phi) is 8.43. The molecule has 0 saturated heterocycles. The largest absolute Gasteiger partial charge is 0.416 e. The number of aromatic nitrogens is 2. The van der Waals surface area contributed by atoms with Crippen molar-refractivity contribution < 1.29 is 31.9 Å². The van der Waals surface area contributed by atoms with Gasteiger partial charge in [0, 0.05) is 23.2 Å². The van der Waals surface area contributed by atoms with E-state index in [-0.39, 0.29) is 24.6 Å². The molecular weight excluding hydrogens is 634 g/mol. The molecule has 0 unspecified atom stereocenters. The number of carbonyl (C=O) groups is 3. The number of halogens is 4. The van der Waals surface area contributed by atoms with Gasteiger partial charge in [0.25, 0.3) is 11.8 Å². The predicted octanol–water partition coefficient (Wildman–Crippen LogP) is 5.71. The number of para-hydroxylation sites is 1. The number of allylic oxidation sites excluding steroid dienone is 1. The number of anilines is 1. The van der Waals surface area contributed by atoms with Crippen molar-refractivity contribution in [3.05, 3.63) is 124 Å². The third-order valence-electron chi connectivity index (χ3n) is 8.34. The molecular formula is C34H29F4N5O3S. The highest BCUT2D eigenvalue weighted by Gasteiger charge is 2.55. The molecule has 6 rings (SSSR count). The van der Waals surface area contributed by atoms with Gasteiger partial charge in [-0.05, 0) is 67.8 Å². The molecule has 1 aliphatic carbocycles. The van der Waals surface area contributed by atoms with Crippen LogP contribution in [0.15, 0.2) is 90.5 Å². The maximum Gasteiger partial charge on any atom is 0.416 e. The van der Waals surface area contributed by atoms with Gasteiger partial charge in [0.1, 0.15) is 17.7 Å². The summed E-state index contributed by atoms with van der Waals surface area (Å²) >= 11 is 5.11. The van der Waals surface area contributed by atoms with Crippen LogP contribution in [0.25, 0.3) is 5.69 Å². The van der Waals surface area contributed by atoms with E-state index in [1.165, 1.54) is 35.2 Å². The lowest BCUT2D eigenvalue weighted by atomic mass is 9.79. The molecule has 0 fully saturated rings. The Hall–Kier alpha value is -4.91. The molecule has 1 aromatic heterocycles. The minimum Gasteiger partial charge on any atom is -0.347 e. The van der Waals surface area contributed by atoms with Crippen molar-refractivity contribution in [3.8, 4) is 5.69 Å². The Labute approximate surface area is 272 Å². The highest BCUT2D eigenvalue weighted by Crippen LogP contribution is 2.50. The van der Waals surface area contributed by atoms with E-state index < -0.39 is 40.2 Å². The van der Waals surface area contributed by atoms with E-state index in [9.17, 15) is 31.9 Å². The first kappa shape index (κ1) is 32.0. The van der Waals surface area contributed by atoms with Crippen molar-refractivity contribution in [1.29, 1.82) is 0 Å². The van der Waals surface area contributed by atoms with Crippen molar-refractivity contribution in [2.45, 2.75) is 43.3 Å². The first-order valence-corrected chi connectivity index (χ1v) is 15.3. The van der Waals surface area contributed by atoms with Crippen LogP contribution in [0.1, 0.15) is 52.5 Å². The van der Waals surface area contributed by atoms with E-state index in [0.29, 0.717) is 46.4 Å². The molecule has 242 valence electrons. The number of thiol groups is 1. The van der Waals surface area contributed by atoms with Gasteiger partial charge in [-0.2, -0.15) is 30.9 Å². The Morgan fingerprint density at radius 3 is 2.34 bits per heavy atom. The molecule has 13 heteroatoms. The van der Waals surface area contributed by atoms with E-state index in [1.807, 2.05) is 12.1 Å². The molecule has 1 aliphatic heterocycles. The van der Waals surface area contributed by atoms with Crippen molar-refractivity contribution in [2.24, 2.45) is 0 Å². The molecule has 0 saturated carbocycles. The van der Waals surface area contributed by atoms with Gasteiger partial charge < -0.3 is 10.6 Å². The van der Waals surface area contributed by atoms with Gasteiger partial charge in [0.15, 0.2) is 0 Å². The molecule has 47 heavy (non-hydrogen) atoms. The zero-order chi connectivity index (χ0) is 33.5. The molecule has 8 nitrogen and oxygen atoms in total. The lowest BCUT2D eigenvalue weighted by Crippen LogP contribution is -2.61. The average Bonchev–Trinajstić information content (AvgIpc) is 3.41. The maximum atomic E-state index is 14.5. The van der Waals surface area contributed by atoms with E-state index in [4.69, 9.17) is 17.7 Å². The normalized spacial score (nSPS) is 19.0. The summed E-state index contributed by atoms with van der Waals surface area (Å²) < 4.78 is 54.6. The summed E-state index contributed by atoms with van der Waals surface area (Å²) in [5.74, 6) is -2.09. The second-order valence-electron chi connectivity index (χ2n) is 11.2. The van der Waals surface area contributed by atoms with Crippen LogP contribution >= 0.6 is 12.6 Å². The molecule has 0 radical (unpaired) electrons. The minimum absolute atomic E-state index is 0.0815. The molecule has 3 aromatic carbocycles. The summed E-state index contributed by atoms with van der Waals surface area (Å²) in [6.07, 6.45) is -1.44. The molecule has 2 aliphatic rings. The monoisotopic (exact) mass is 663 g/mol. The molecule has 2 N–H and O–H groups in total. The molecule has 0 bridgehead atoms. The van der Waals surface area contributed by atoms with E-state index >= 15 is 0 Å². The zero-order valence-electron chi connectivity index (χ0n) is 25.0. The summed E-state index contributed by atoms with van der Waals surface area (Å²) in [5, 5.41) is 10.4. The van der Waals surface area contributed by atoms with E-state index in [0.717, 1.165) is 18.6 Å². The lowest BCUT2D eigenvalue weighted by molar-refractivity contribution is -0.137. The SMILES string of the molecule is CCN1C(=O)[C@@H](NC(=O)c2cccc(C(F)(F)F)c2)[C@](S)(c2ccc(F)cc2)c2c(CNC(=O)C3=CCC3)nn(-c3ccccc3)c21. The second kappa shape index (κ2) is 12.4. The topological polar surface area (TPSA) is 96.3 Å². The van der Waals surface area contributed by atoms with Crippen LogP contribution in [0, 0.1) is 5.82 Å². The number of likely N-dealkylation sites (N-methyl/N-ethyl adjacent to an activating group) is 1. The number of amides is 3. The number of carbonyl (C=O) groups excluding carboxylic acids is 3. The van der Waals surface area contributed by atoms with Gasteiger partial charge in [-0.15, -0.1) is 0 Å². The van der Waals surface area contributed by atoms with Crippen LogP contribution in [0.3, 0.4) is 0 Å². The fourth-order valence-corrected chi connectivity index (χ4v) is 6.41. The van der Waals surface area contributed by atoms with Crippen molar-refractivity contribution in [3.63, 3.8) is 0 Å². The number of fused-ring (bicyclic) bond motifs is 1. The summed E-state index contributed by atoms with van der Waals surface area (Å²) in [7, 11) is 0. The highest BCUT2D eigenvalue weighted by atomic mass is 32.1. The maximum absolute atomic E-state index is 14.5. The second-order valence-corrected chi connectivity index (χ2v) is 11.9. The molecule has 2 heterocycles. The average molecular weight is 664 g/mol. The van der Waals surface area contributed by atoms with Crippen LogP contribution in [0.2, 0.25) is 0 Å². The number of hydrogen-bond acceptors (Lipinski definition) is 5. The van der Waals surface area contributed by atoms with Crippen molar-refractivity contribution in [1.82, 2.24) is 20.4 Å². The van der Waals surface area contributed by atoms with E-state index in [2.05, 4.69) is 10.6 Å². The van der Waals surface area contributed by atoms with Crippen LogP contribution in [-0.4, -0.2) is 40.1 Å². The van der Waals surface area contributed by atoms with Gasteiger partial charge in [-0.3, -0.25) is 19.3 Å². The van der Waals surface area contributed by atoms with Gasteiger partial charge >= 0.3 is 6.18 Å². The van der Waals surface area contributed by atoms with Crippen LogP contribution < -0.4 is 15.5 Å². The zero-order valence-corrected chi connectivity index (χ0v) is 25.9. The summed E-state index contributed by atoms with van der Waals surface area (Å²) in [4.78, 5) is 42.4. The van der Waals surface area contributed by atoms with Crippen LogP contribution in [-0.2, 0) is 27.1 Å². The first-order chi connectivity index (χ1) is 22.4. The summed E-state index contributed by atoms with van der Waals surface area (Å²) in [5.41, 5.74) is 0.859. The molecule has 4 aromatic rings. The third-order valence-corrected chi connectivity index (χ3v) is 9.08. The van der Waals surface area contributed by atoms with E-state index in [1.54, 1.807) is 35.9 Å². The van der Waals surface area contributed by atoms with Gasteiger partial charge in [0.05, 0.1) is 28.2 Å². The Bertz CT molecular complexity index is 1890. The van der Waals surface area contributed by atoms with Crippen LogP contribution in [0.4, 0.5) is 23.4 Å². The minimum atomic E-state index is -4.70. The lowest BCUT2D eigenvalue weighted by Gasteiger charge is -2.44. The number of benzene rings is 3. The van der Waals surface area contributed by atoms with Crippen molar-refractivity contribution >= 4 is 36.2 Å². The van der Waals surface area contributed by atoms with Gasteiger partial charge in [0.2, 0.25) is 5.91 Å². The number of nitrogens with zero attached hydrogens (tertiary/aromatic N) is 3. The third kappa shape index (κ3) is 5.79. The molecule has 3 amide bonds. The number of rotatable bonds is 8. The summed E-state index contributed by atoms with van der Waals surface area (Å²) in [6, 6.07) is 16.5. The Morgan fingerprint density at radius 2 is 1.72 bits per heavy atom. The van der Waals surface area contributed by atoms with Gasteiger partial charge in [-0.1, -0.05) is 42.5 Å². The van der Waals surface area contributed by atoms with Crippen LogP contribution in [0.5, 0.6) is 0 Å². The fourth-order valence-electron chi connectivity index (χ4n) is 5.86. The molecule has 2 atom stereocenters. The fraction of sp³-hybridized carbons (Fsp3) is 0.235. The summed E-state index contributed by atoms with van der Waals surface area (Å²) in [6.45, 7) is 1.76. The number of nitrogens with one attached hydrogen (secondary N) is 2. The van der Waals surface area contributed by atoms with Gasteiger partial charge in [-0.25, -0.2) is 9.07 Å². The number of hydrogen-bond donors (Lipinski definition) is 3. The standard InChI is InChI=1S/C34H29F4N5O3S/c1-2-42-31-27(26(19-39-29(44)20-8-6-9-20)41-43(31)25-12-4-3-5-13-25)33(47,22-14-16-24(35)17-15-22)28(32(42)46)40-30(45)21-10-7-11-23(18-21)34(36,37)38/h3-5,7-8,10-18,28,47H,2,6,9,19H2,1H3,(H,39,44)(H,40,45)/t28-,33+/m1/s1. The first-order valence-electron chi connectivity index (χ1n) is 14.9. The highest BCUT2D eigenvalue weighted by molar-refractivity contribution is 7.81. The molecule has 0 spiro atoms. The Morgan fingerprint density at radius 1 is 1.02 bits per heavy atom.